The first-order chi connectivity index (χ1) is 7.79. The molecule has 0 radical (unpaired) electrons. The van der Waals surface area contributed by atoms with Crippen molar-refractivity contribution in [2.45, 2.75) is 50.2 Å². The van der Waals surface area contributed by atoms with Gasteiger partial charge < -0.3 is 5.73 Å². The summed E-state index contributed by atoms with van der Waals surface area (Å²) in [5.74, 6) is 0.923. The fourth-order valence-electron chi connectivity index (χ4n) is 3.76. The third kappa shape index (κ3) is 1.89. The molecule has 1 aliphatic carbocycles. The number of likely N-dealkylation sites (N-methyl/N-ethyl adjacent to an activating group) is 1. The fourth-order valence-corrected chi connectivity index (χ4v) is 3.76. The van der Waals surface area contributed by atoms with E-state index in [-0.39, 0.29) is 0 Å². The molecular formula is C13H25N3. The first kappa shape index (κ1) is 11.0. The molecule has 2 aliphatic heterocycles. The Labute approximate surface area is 99.0 Å². The molecular weight excluding hydrogens is 198 g/mol. The van der Waals surface area contributed by atoms with Crippen LogP contribution in [0.5, 0.6) is 0 Å². The van der Waals surface area contributed by atoms with Crippen molar-refractivity contribution in [1.82, 2.24) is 9.80 Å². The molecule has 0 aromatic carbocycles. The molecule has 0 aromatic heterocycles. The Morgan fingerprint density at radius 1 is 1.12 bits per heavy atom. The highest BCUT2D eigenvalue weighted by Gasteiger charge is 2.40. The number of likely N-dealkylation sites (tertiary alicyclic amines) is 1. The monoisotopic (exact) mass is 223 g/mol. The summed E-state index contributed by atoms with van der Waals surface area (Å²) >= 11 is 0. The van der Waals surface area contributed by atoms with Crippen molar-refractivity contribution in [3.8, 4) is 0 Å². The number of hydrogen-bond donors (Lipinski definition) is 1. The lowest BCUT2D eigenvalue weighted by Crippen LogP contribution is -2.46. The molecule has 3 aliphatic rings. The van der Waals surface area contributed by atoms with E-state index in [9.17, 15) is 0 Å². The molecule has 2 heterocycles. The van der Waals surface area contributed by atoms with Gasteiger partial charge in [-0.05, 0) is 45.1 Å². The maximum absolute atomic E-state index is 5.97. The minimum absolute atomic E-state index is 0.688. The van der Waals surface area contributed by atoms with Crippen molar-refractivity contribution in [3.63, 3.8) is 0 Å². The lowest BCUT2D eigenvalue weighted by molar-refractivity contribution is 0.159. The summed E-state index contributed by atoms with van der Waals surface area (Å²) in [4.78, 5) is 5.33. The molecule has 2 saturated heterocycles. The van der Waals surface area contributed by atoms with E-state index in [0.717, 1.165) is 24.5 Å². The zero-order valence-electron chi connectivity index (χ0n) is 10.4. The molecule has 2 bridgehead atoms. The van der Waals surface area contributed by atoms with Crippen molar-refractivity contribution in [2.24, 2.45) is 11.7 Å². The lowest BCUT2D eigenvalue weighted by atomic mass is 10.0. The Bertz CT molecular complexity index is 252. The zero-order chi connectivity index (χ0) is 11.1. The van der Waals surface area contributed by atoms with Gasteiger partial charge in [-0.2, -0.15) is 0 Å². The Kier molecular flexibility index (Phi) is 2.94. The number of fused-ring (bicyclic) bond motifs is 2. The molecule has 3 nitrogen and oxygen atoms in total. The van der Waals surface area contributed by atoms with Crippen LogP contribution in [0.3, 0.4) is 0 Å². The van der Waals surface area contributed by atoms with Gasteiger partial charge in [0.1, 0.15) is 0 Å². The Morgan fingerprint density at radius 3 is 2.56 bits per heavy atom. The second-order valence-electron chi connectivity index (χ2n) is 5.97. The van der Waals surface area contributed by atoms with Gasteiger partial charge in [0, 0.05) is 37.8 Å². The predicted octanol–water partition coefficient (Wildman–Crippen LogP) is 0.892. The van der Waals surface area contributed by atoms with E-state index >= 15 is 0 Å². The summed E-state index contributed by atoms with van der Waals surface area (Å²) in [6.07, 6.45) is 7.02. The van der Waals surface area contributed by atoms with Gasteiger partial charge in [0.2, 0.25) is 0 Å². The first-order valence-corrected chi connectivity index (χ1v) is 6.95. The number of rotatable bonds is 3. The normalized spacial score (nSPS) is 38.6. The van der Waals surface area contributed by atoms with E-state index in [4.69, 9.17) is 5.73 Å². The van der Waals surface area contributed by atoms with Crippen LogP contribution in [0.15, 0.2) is 0 Å². The van der Waals surface area contributed by atoms with Crippen LogP contribution >= 0.6 is 0 Å². The van der Waals surface area contributed by atoms with E-state index in [2.05, 4.69) is 16.8 Å². The Hall–Kier alpha value is -0.120. The van der Waals surface area contributed by atoms with E-state index in [0.29, 0.717) is 6.04 Å². The Balaban J connectivity index is 1.68. The summed E-state index contributed by atoms with van der Waals surface area (Å²) in [6, 6.07) is 2.35. The highest BCUT2D eigenvalue weighted by molar-refractivity contribution is 4.96. The first-order valence-electron chi connectivity index (χ1n) is 6.95. The van der Waals surface area contributed by atoms with Gasteiger partial charge in [0.05, 0.1) is 0 Å². The molecule has 0 aromatic rings. The molecule has 16 heavy (non-hydrogen) atoms. The van der Waals surface area contributed by atoms with Crippen LogP contribution in [0, 0.1) is 5.92 Å². The average Bonchev–Trinajstić information content (AvgIpc) is 3.02. The highest BCUT2D eigenvalue weighted by Crippen LogP contribution is 2.37. The molecule has 2 N–H and O–H groups in total. The lowest BCUT2D eigenvalue weighted by Gasteiger charge is -2.32. The van der Waals surface area contributed by atoms with E-state index in [1.54, 1.807) is 0 Å². The van der Waals surface area contributed by atoms with E-state index < -0.39 is 0 Å². The average molecular weight is 223 g/mol. The second-order valence-corrected chi connectivity index (χ2v) is 5.97. The number of nitrogens with zero attached hydrogens (tertiary/aromatic N) is 2. The molecule has 3 unspecified atom stereocenters. The molecule has 92 valence electrons. The van der Waals surface area contributed by atoms with Gasteiger partial charge >= 0.3 is 0 Å². The standard InChI is InChI=1S/C13H25N3/c1-15-11-4-5-12(15)9-16(7-6-11)13(8-14)10-2-3-10/h10-13H,2-9,14H2,1H3. The molecule has 0 amide bonds. The summed E-state index contributed by atoms with van der Waals surface area (Å²) < 4.78 is 0. The number of nitrogens with two attached hydrogens (primary N) is 1. The third-order valence-corrected chi connectivity index (χ3v) is 5.06. The van der Waals surface area contributed by atoms with Crippen molar-refractivity contribution in [1.29, 1.82) is 0 Å². The minimum atomic E-state index is 0.688. The van der Waals surface area contributed by atoms with E-state index in [1.165, 1.54) is 45.2 Å². The summed E-state index contributed by atoms with van der Waals surface area (Å²) in [5, 5.41) is 0. The topological polar surface area (TPSA) is 32.5 Å². The SMILES string of the molecule is CN1C2CCC1CN(C(CN)C1CC1)CC2. The largest absolute Gasteiger partial charge is 0.329 e. The van der Waals surface area contributed by atoms with Crippen molar-refractivity contribution in [3.05, 3.63) is 0 Å². The molecule has 3 rings (SSSR count). The molecule has 1 saturated carbocycles. The smallest absolute Gasteiger partial charge is 0.0247 e. The van der Waals surface area contributed by atoms with Gasteiger partial charge in [-0.25, -0.2) is 0 Å². The maximum Gasteiger partial charge on any atom is 0.0247 e. The molecule has 3 atom stereocenters. The van der Waals surface area contributed by atoms with Crippen LogP contribution in [0.4, 0.5) is 0 Å². The number of hydrogen-bond acceptors (Lipinski definition) is 3. The Morgan fingerprint density at radius 2 is 1.88 bits per heavy atom. The van der Waals surface area contributed by atoms with Gasteiger partial charge in [0.25, 0.3) is 0 Å². The zero-order valence-corrected chi connectivity index (χ0v) is 10.4. The van der Waals surface area contributed by atoms with Crippen LogP contribution in [0.2, 0.25) is 0 Å². The third-order valence-electron chi connectivity index (χ3n) is 5.06. The van der Waals surface area contributed by atoms with Gasteiger partial charge in [-0.15, -0.1) is 0 Å². The van der Waals surface area contributed by atoms with Crippen LogP contribution in [-0.4, -0.2) is 54.6 Å². The molecule has 0 spiro atoms. The van der Waals surface area contributed by atoms with E-state index in [1.807, 2.05) is 0 Å². The van der Waals surface area contributed by atoms with Gasteiger partial charge in [0.15, 0.2) is 0 Å². The van der Waals surface area contributed by atoms with Crippen LogP contribution in [0.25, 0.3) is 0 Å². The highest BCUT2D eigenvalue weighted by atomic mass is 15.3. The van der Waals surface area contributed by atoms with Crippen LogP contribution < -0.4 is 5.73 Å². The second kappa shape index (κ2) is 4.28. The fraction of sp³-hybridized carbons (Fsp3) is 1.00. The van der Waals surface area contributed by atoms with Crippen molar-refractivity contribution in [2.75, 3.05) is 26.7 Å². The minimum Gasteiger partial charge on any atom is -0.329 e. The van der Waals surface area contributed by atoms with Crippen molar-refractivity contribution < 1.29 is 0 Å². The summed E-state index contributed by atoms with van der Waals surface area (Å²) in [5.41, 5.74) is 5.97. The van der Waals surface area contributed by atoms with Crippen LogP contribution in [0.1, 0.15) is 32.1 Å². The summed E-state index contributed by atoms with van der Waals surface area (Å²) in [7, 11) is 2.32. The van der Waals surface area contributed by atoms with Gasteiger partial charge in [-0.1, -0.05) is 0 Å². The summed E-state index contributed by atoms with van der Waals surface area (Å²) in [6.45, 7) is 3.42. The quantitative estimate of drug-likeness (QED) is 0.771. The molecule has 3 fully saturated rings. The van der Waals surface area contributed by atoms with Crippen LogP contribution in [-0.2, 0) is 0 Å². The molecule has 3 heteroatoms. The van der Waals surface area contributed by atoms with Crippen molar-refractivity contribution >= 4 is 0 Å². The van der Waals surface area contributed by atoms with Gasteiger partial charge in [-0.3, -0.25) is 9.80 Å². The maximum atomic E-state index is 5.97. The predicted molar refractivity (Wildman–Crippen MR) is 66.3 cm³/mol.